The molecule has 3 nitrogen and oxygen atoms in total. The third-order valence-corrected chi connectivity index (χ3v) is 2.79. The van der Waals surface area contributed by atoms with E-state index in [9.17, 15) is 0 Å². The molecule has 3 heteroatoms. The molecule has 0 spiro atoms. The first-order valence-corrected chi connectivity index (χ1v) is 5.90. The van der Waals surface area contributed by atoms with Crippen molar-refractivity contribution in [1.82, 2.24) is 4.57 Å². The van der Waals surface area contributed by atoms with E-state index in [2.05, 4.69) is 16.7 Å². The van der Waals surface area contributed by atoms with Crippen LogP contribution >= 0.6 is 0 Å². The fraction of sp³-hybridized carbons (Fsp3) is 0.286. The van der Waals surface area contributed by atoms with Gasteiger partial charge in [-0.25, -0.2) is 0 Å². The number of hydrogen-bond acceptors (Lipinski definition) is 2. The molecule has 2 aromatic rings. The van der Waals surface area contributed by atoms with E-state index in [0.29, 0.717) is 13.2 Å². The highest BCUT2D eigenvalue weighted by Gasteiger charge is 2.10. The smallest absolute Gasteiger partial charge is 0.119 e. The van der Waals surface area contributed by atoms with Gasteiger partial charge in [0, 0.05) is 18.9 Å². The van der Waals surface area contributed by atoms with Gasteiger partial charge in [-0.3, -0.25) is 0 Å². The topological polar surface area (TPSA) is 40.2 Å². The van der Waals surface area contributed by atoms with Crippen LogP contribution in [-0.2, 0) is 0 Å². The molecule has 2 N–H and O–H groups in total. The molecule has 1 aromatic heterocycles. The van der Waals surface area contributed by atoms with Crippen LogP contribution in [0.25, 0.3) is 0 Å². The summed E-state index contributed by atoms with van der Waals surface area (Å²) in [4.78, 5) is 0. The molecule has 0 saturated carbocycles. The van der Waals surface area contributed by atoms with Gasteiger partial charge in [0.2, 0.25) is 0 Å². The van der Waals surface area contributed by atoms with Crippen LogP contribution in [0.2, 0.25) is 0 Å². The second-order valence-corrected chi connectivity index (χ2v) is 3.88. The Morgan fingerprint density at radius 3 is 2.35 bits per heavy atom. The Bertz CT molecular complexity index is 434. The van der Waals surface area contributed by atoms with Crippen LogP contribution in [0.5, 0.6) is 5.75 Å². The minimum absolute atomic E-state index is 0.195. The van der Waals surface area contributed by atoms with E-state index in [1.807, 2.05) is 43.6 Å². The van der Waals surface area contributed by atoms with Crippen LogP contribution in [-0.4, -0.2) is 17.7 Å². The lowest BCUT2D eigenvalue weighted by Gasteiger charge is -2.17. The standard InChI is InChI=1S/C14H18N2O/c1-2-17-13-7-5-12(6-8-13)14(11-15)16-9-3-4-10-16/h3-10,14H,2,11,15H2,1H3. The summed E-state index contributed by atoms with van der Waals surface area (Å²) in [5.41, 5.74) is 7.04. The molecule has 0 bridgehead atoms. The van der Waals surface area contributed by atoms with Gasteiger partial charge < -0.3 is 15.0 Å². The van der Waals surface area contributed by atoms with Gasteiger partial charge in [0.15, 0.2) is 0 Å². The Morgan fingerprint density at radius 1 is 1.18 bits per heavy atom. The van der Waals surface area contributed by atoms with E-state index in [-0.39, 0.29) is 6.04 Å². The number of aromatic nitrogens is 1. The van der Waals surface area contributed by atoms with Crippen molar-refractivity contribution in [3.63, 3.8) is 0 Å². The van der Waals surface area contributed by atoms with Crippen LogP contribution < -0.4 is 10.5 Å². The molecule has 1 atom stereocenters. The maximum absolute atomic E-state index is 5.84. The average molecular weight is 230 g/mol. The quantitative estimate of drug-likeness (QED) is 0.857. The summed E-state index contributed by atoms with van der Waals surface area (Å²) in [6.07, 6.45) is 4.07. The van der Waals surface area contributed by atoms with E-state index in [0.717, 1.165) is 5.75 Å². The van der Waals surface area contributed by atoms with Gasteiger partial charge in [0.05, 0.1) is 12.6 Å². The monoisotopic (exact) mass is 230 g/mol. The summed E-state index contributed by atoms with van der Waals surface area (Å²) in [5, 5.41) is 0. The minimum Gasteiger partial charge on any atom is -0.494 e. The fourth-order valence-electron chi connectivity index (χ4n) is 1.94. The molecule has 0 fully saturated rings. The maximum atomic E-state index is 5.84. The lowest BCUT2D eigenvalue weighted by atomic mass is 10.1. The lowest BCUT2D eigenvalue weighted by molar-refractivity contribution is 0.340. The zero-order chi connectivity index (χ0) is 12.1. The molecule has 1 aromatic carbocycles. The Balaban J connectivity index is 2.20. The van der Waals surface area contributed by atoms with Gasteiger partial charge in [-0.2, -0.15) is 0 Å². The van der Waals surface area contributed by atoms with Crippen LogP contribution in [0.4, 0.5) is 0 Å². The summed E-state index contributed by atoms with van der Waals surface area (Å²) < 4.78 is 7.55. The van der Waals surface area contributed by atoms with Crippen molar-refractivity contribution in [2.75, 3.05) is 13.2 Å². The van der Waals surface area contributed by atoms with Crippen molar-refractivity contribution in [1.29, 1.82) is 0 Å². The summed E-state index contributed by atoms with van der Waals surface area (Å²) in [6.45, 7) is 3.26. The number of rotatable bonds is 5. The minimum atomic E-state index is 0.195. The largest absolute Gasteiger partial charge is 0.494 e. The van der Waals surface area contributed by atoms with Gasteiger partial charge in [0.1, 0.15) is 5.75 Å². The van der Waals surface area contributed by atoms with Gasteiger partial charge in [-0.15, -0.1) is 0 Å². The molecule has 0 aliphatic carbocycles. The van der Waals surface area contributed by atoms with Crippen LogP contribution in [0.1, 0.15) is 18.5 Å². The summed E-state index contributed by atoms with van der Waals surface area (Å²) >= 11 is 0. The van der Waals surface area contributed by atoms with Crippen molar-refractivity contribution < 1.29 is 4.74 Å². The molecule has 1 unspecified atom stereocenters. The van der Waals surface area contributed by atoms with Gasteiger partial charge in [-0.05, 0) is 36.8 Å². The Morgan fingerprint density at radius 2 is 1.82 bits per heavy atom. The third-order valence-electron chi connectivity index (χ3n) is 2.79. The molecule has 0 aliphatic heterocycles. The van der Waals surface area contributed by atoms with Crippen LogP contribution in [0, 0.1) is 0 Å². The van der Waals surface area contributed by atoms with Crippen molar-refractivity contribution in [2.24, 2.45) is 5.73 Å². The van der Waals surface area contributed by atoms with E-state index < -0.39 is 0 Å². The summed E-state index contributed by atoms with van der Waals surface area (Å²) in [7, 11) is 0. The Hall–Kier alpha value is -1.74. The average Bonchev–Trinajstić information content (AvgIpc) is 2.86. The molecule has 0 saturated heterocycles. The Kier molecular flexibility index (Phi) is 3.83. The van der Waals surface area contributed by atoms with Crippen molar-refractivity contribution in [3.05, 3.63) is 54.4 Å². The molecule has 2 rings (SSSR count). The second-order valence-electron chi connectivity index (χ2n) is 3.88. The number of nitrogens with zero attached hydrogens (tertiary/aromatic N) is 1. The number of nitrogens with two attached hydrogens (primary N) is 1. The molecule has 0 amide bonds. The SMILES string of the molecule is CCOc1ccc(C(CN)n2cccc2)cc1. The highest BCUT2D eigenvalue weighted by atomic mass is 16.5. The number of benzene rings is 1. The van der Waals surface area contributed by atoms with Gasteiger partial charge in [0.25, 0.3) is 0 Å². The zero-order valence-electron chi connectivity index (χ0n) is 10.0. The fourth-order valence-corrected chi connectivity index (χ4v) is 1.94. The van der Waals surface area contributed by atoms with Crippen molar-refractivity contribution in [3.8, 4) is 5.75 Å². The van der Waals surface area contributed by atoms with Crippen LogP contribution in [0.15, 0.2) is 48.8 Å². The molecular weight excluding hydrogens is 212 g/mol. The Labute approximate surface area is 102 Å². The molecule has 17 heavy (non-hydrogen) atoms. The first-order chi connectivity index (χ1) is 8.35. The molecule has 90 valence electrons. The number of ether oxygens (including phenoxy) is 1. The van der Waals surface area contributed by atoms with Crippen LogP contribution in [0.3, 0.4) is 0 Å². The van der Waals surface area contributed by atoms with Crippen molar-refractivity contribution in [2.45, 2.75) is 13.0 Å². The predicted octanol–water partition coefficient (Wildman–Crippen LogP) is 2.43. The zero-order valence-corrected chi connectivity index (χ0v) is 10.0. The van der Waals surface area contributed by atoms with E-state index in [1.165, 1.54) is 5.56 Å². The molecular formula is C14H18N2O. The first-order valence-electron chi connectivity index (χ1n) is 5.90. The third kappa shape index (κ3) is 2.68. The van der Waals surface area contributed by atoms with E-state index >= 15 is 0 Å². The normalized spacial score (nSPS) is 12.4. The summed E-state index contributed by atoms with van der Waals surface area (Å²) in [5.74, 6) is 0.902. The molecule has 0 aliphatic rings. The van der Waals surface area contributed by atoms with Gasteiger partial charge in [-0.1, -0.05) is 12.1 Å². The van der Waals surface area contributed by atoms with E-state index in [1.54, 1.807) is 0 Å². The highest BCUT2D eigenvalue weighted by molar-refractivity contribution is 5.30. The molecule has 0 radical (unpaired) electrons. The first kappa shape index (κ1) is 11.7. The highest BCUT2D eigenvalue weighted by Crippen LogP contribution is 2.20. The second kappa shape index (κ2) is 5.55. The number of hydrogen-bond donors (Lipinski definition) is 1. The summed E-state index contributed by atoms with van der Waals surface area (Å²) in [6, 6.07) is 12.3. The predicted molar refractivity (Wildman–Crippen MR) is 69.2 cm³/mol. The molecule has 1 heterocycles. The maximum Gasteiger partial charge on any atom is 0.119 e. The van der Waals surface area contributed by atoms with Crippen molar-refractivity contribution >= 4 is 0 Å². The lowest BCUT2D eigenvalue weighted by Crippen LogP contribution is -2.19. The van der Waals surface area contributed by atoms with E-state index in [4.69, 9.17) is 10.5 Å². The van der Waals surface area contributed by atoms with Gasteiger partial charge >= 0.3 is 0 Å².